The smallest absolute Gasteiger partial charge is 0.230 e. The van der Waals surface area contributed by atoms with Crippen molar-refractivity contribution >= 4 is 11.7 Å². The molecule has 0 saturated heterocycles. The van der Waals surface area contributed by atoms with E-state index in [9.17, 15) is 9.59 Å². The Bertz CT molecular complexity index is 213. The fraction of sp³-hybridized carbons (Fsp3) is 0.818. The summed E-state index contributed by atoms with van der Waals surface area (Å²) in [7, 11) is 0. The van der Waals surface area contributed by atoms with Crippen LogP contribution in [0.15, 0.2) is 0 Å². The minimum absolute atomic E-state index is 0.0526. The zero-order valence-corrected chi connectivity index (χ0v) is 8.84. The summed E-state index contributed by atoms with van der Waals surface area (Å²) in [5, 5.41) is 2.82. The Morgan fingerprint density at radius 3 is 2.93 bits per heavy atom. The second-order valence-corrected chi connectivity index (χ2v) is 3.91. The lowest BCUT2D eigenvalue weighted by Gasteiger charge is -2.19. The van der Waals surface area contributed by atoms with E-state index in [1.165, 1.54) is 0 Å². The molecular weight excluding hydrogens is 178 g/mol. The molecule has 80 valence electrons. The third-order valence-electron chi connectivity index (χ3n) is 2.70. The molecule has 0 aromatic heterocycles. The van der Waals surface area contributed by atoms with Gasteiger partial charge < -0.3 is 5.32 Å². The van der Waals surface area contributed by atoms with Crippen molar-refractivity contribution < 1.29 is 9.59 Å². The van der Waals surface area contributed by atoms with Crippen LogP contribution in [0.1, 0.15) is 45.4 Å². The molecule has 1 saturated carbocycles. The Balaban J connectivity index is 2.31. The van der Waals surface area contributed by atoms with Gasteiger partial charge in [-0.3, -0.25) is 9.59 Å². The van der Waals surface area contributed by atoms with Crippen molar-refractivity contribution in [3.05, 3.63) is 0 Å². The van der Waals surface area contributed by atoms with Crippen molar-refractivity contribution in [2.75, 3.05) is 6.54 Å². The number of carbonyl (C=O) groups excluding carboxylic acids is 2. The summed E-state index contributed by atoms with van der Waals surface area (Å²) < 4.78 is 0. The summed E-state index contributed by atoms with van der Waals surface area (Å²) in [6.07, 6.45) is 5.36. The molecule has 0 aromatic carbocycles. The average molecular weight is 197 g/mol. The SMILES string of the molecule is CCCCNC(=O)C1CCCCC1=O. The maximum atomic E-state index is 11.6. The van der Waals surface area contributed by atoms with Crippen LogP contribution in [0.2, 0.25) is 0 Å². The predicted octanol–water partition coefficient (Wildman–Crippen LogP) is 1.66. The molecule has 3 nitrogen and oxygen atoms in total. The second kappa shape index (κ2) is 5.78. The van der Waals surface area contributed by atoms with Crippen molar-refractivity contribution in [3.8, 4) is 0 Å². The molecule has 0 aromatic rings. The van der Waals surface area contributed by atoms with E-state index in [0.717, 1.165) is 32.1 Å². The third kappa shape index (κ3) is 3.13. The lowest BCUT2D eigenvalue weighted by atomic mass is 9.87. The van der Waals surface area contributed by atoms with Crippen LogP contribution in [0.3, 0.4) is 0 Å². The van der Waals surface area contributed by atoms with E-state index in [-0.39, 0.29) is 17.6 Å². The molecule has 1 amide bonds. The Labute approximate surface area is 85.3 Å². The lowest BCUT2D eigenvalue weighted by molar-refractivity contribution is -0.135. The van der Waals surface area contributed by atoms with Crippen LogP contribution < -0.4 is 5.32 Å². The quantitative estimate of drug-likeness (QED) is 0.550. The fourth-order valence-corrected chi connectivity index (χ4v) is 1.77. The molecular formula is C11H19NO2. The van der Waals surface area contributed by atoms with Crippen LogP contribution in [-0.4, -0.2) is 18.2 Å². The number of hydrogen-bond donors (Lipinski definition) is 1. The lowest BCUT2D eigenvalue weighted by Crippen LogP contribution is -2.37. The number of nitrogens with one attached hydrogen (secondary N) is 1. The fourth-order valence-electron chi connectivity index (χ4n) is 1.77. The van der Waals surface area contributed by atoms with Gasteiger partial charge in [-0.1, -0.05) is 19.8 Å². The van der Waals surface area contributed by atoms with Crippen LogP contribution >= 0.6 is 0 Å². The highest BCUT2D eigenvalue weighted by molar-refractivity contribution is 6.01. The highest BCUT2D eigenvalue weighted by atomic mass is 16.2. The number of Topliss-reactive ketones (excluding diaryl/α,β-unsaturated/α-hetero) is 1. The summed E-state index contributed by atoms with van der Waals surface area (Å²) in [5.41, 5.74) is 0. The monoisotopic (exact) mass is 197 g/mol. The first-order valence-electron chi connectivity index (χ1n) is 5.56. The van der Waals surface area contributed by atoms with E-state index in [0.29, 0.717) is 13.0 Å². The van der Waals surface area contributed by atoms with Gasteiger partial charge in [-0.05, 0) is 19.3 Å². The molecule has 1 aliphatic rings. The number of carbonyl (C=O) groups is 2. The molecule has 3 heteroatoms. The van der Waals surface area contributed by atoms with Gasteiger partial charge in [-0.15, -0.1) is 0 Å². The van der Waals surface area contributed by atoms with Gasteiger partial charge in [0, 0.05) is 13.0 Å². The largest absolute Gasteiger partial charge is 0.355 e. The van der Waals surface area contributed by atoms with Gasteiger partial charge in [-0.2, -0.15) is 0 Å². The first-order chi connectivity index (χ1) is 6.75. The Morgan fingerprint density at radius 2 is 2.29 bits per heavy atom. The van der Waals surface area contributed by atoms with Gasteiger partial charge in [0.2, 0.25) is 5.91 Å². The maximum Gasteiger partial charge on any atom is 0.230 e. The Hall–Kier alpha value is -0.860. The van der Waals surface area contributed by atoms with Crippen LogP contribution in [0, 0.1) is 5.92 Å². The third-order valence-corrected chi connectivity index (χ3v) is 2.70. The van der Waals surface area contributed by atoms with Crippen molar-refractivity contribution in [1.29, 1.82) is 0 Å². The molecule has 0 spiro atoms. The van der Waals surface area contributed by atoms with Gasteiger partial charge in [0.05, 0.1) is 5.92 Å². The average Bonchev–Trinajstić information content (AvgIpc) is 2.18. The zero-order valence-electron chi connectivity index (χ0n) is 8.84. The molecule has 0 bridgehead atoms. The molecule has 0 heterocycles. The maximum absolute atomic E-state index is 11.6. The summed E-state index contributed by atoms with van der Waals surface area (Å²) in [4.78, 5) is 23.0. The van der Waals surface area contributed by atoms with E-state index < -0.39 is 0 Å². The Kier molecular flexibility index (Phi) is 4.63. The van der Waals surface area contributed by atoms with E-state index in [1.54, 1.807) is 0 Å². The van der Waals surface area contributed by atoms with Gasteiger partial charge in [0.25, 0.3) is 0 Å². The van der Waals surface area contributed by atoms with Crippen LogP contribution in [0.4, 0.5) is 0 Å². The van der Waals surface area contributed by atoms with Crippen molar-refractivity contribution in [1.82, 2.24) is 5.32 Å². The molecule has 1 rings (SSSR count). The van der Waals surface area contributed by atoms with Crippen molar-refractivity contribution in [2.45, 2.75) is 45.4 Å². The number of hydrogen-bond acceptors (Lipinski definition) is 2. The molecule has 1 fully saturated rings. The molecule has 1 unspecified atom stereocenters. The minimum Gasteiger partial charge on any atom is -0.355 e. The highest BCUT2D eigenvalue weighted by Crippen LogP contribution is 2.20. The Morgan fingerprint density at radius 1 is 1.50 bits per heavy atom. The van der Waals surface area contributed by atoms with Gasteiger partial charge >= 0.3 is 0 Å². The van der Waals surface area contributed by atoms with Crippen molar-refractivity contribution in [2.24, 2.45) is 5.92 Å². The number of amides is 1. The summed E-state index contributed by atoms with van der Waals surface area (Å²) in [5.74, 6) is -0.269. The summed E-state index contributed by atoms with van der Waals surface area (Å²) in [6, 6.07) is 0. The first kappa shape index (κ1) is 11.2. The van der Waals surface area contributed by atoms with Gasteiger partial charge in [-0.25, -0.2) is 0 Å². The van der Waals surface area contributed by atoms with Gasteiger partial charge in [0.1, 0.15) is 5.78 Å². The standard InChI is InChI=1S/C11H19NO2/c1-2-3-8-12-11(14)9-6-4-5-7-10(9)13/h9H,2-8H2,1H3,(H,12,14). The minimum atomic E-state index is -0.347. The highest BCUT2D eigenvalue weighted by Gasteiger charge is 2.28. The molecule has 1 N–H and O–H groups in total. The number of rotatable bonds is 4. The molecule has 1 aliphatic carbocycles. The normalized spacial score (nSPS) is 22.1. The van der Waals surface area contributed by atoms with Crippen molar-refractivity contribution in [3.63, 3.8) is 0 Å². The van der Waals surface area contributed by atoms with Crippen LogP contribution in [-0.2, 0) is 9.59 Å². The molecule has 0 radical (unpaired) electrons. The van der Waals surface area contributed by atoms with Crippen LogP contribution in [0.25, 0.3) is 0 Å². The van der Waals surface area contributed by atoms with Gasteiger partial charge in [0.15, 0.2) is 0 Å². The van der Waals surface area contributed by atoms with E-state index >= 15 is 0 Å². The molecule has 0 aliphatic heterocycles. The number of unbranched alkanes of at least 4 members (excludes halogenated alkanes) is 1. The number of ketones is 1. The van der Waals surface area contributed by atoms with E-state index in [4.69, 9.17) is 0 Å². The van der Waals surface area contributed by atoms with Crippen LogP contribution in [0.5, 0.6) is 0 Å². The second-order valence-electron chi connectivity index (χ2n) is 3.91. The molecule has 1 atom stereocenters. The topological polar surface area (TPSA) is 46.2 Å². The molecule has 14 heavy (non-hydrogen) atoms. The first-order valence-corrected chi connectivity index (χ1v) is 5.56. The predicted molar refractivity (Wildman–Crippen MR) is 54.9 cm³/mol. The van der Waals surface area contributed by atoms with E-state index in [1.807, 2.05) is 0 Å². The van der Waals surface area contributed by atoms with E-state index in [2.05, 4.69) is 12.2 Å². The summed E-state index contributed by atoms with van der Waals surface area (Å²) >= 11 is 0. The summed E-state index contributed by atoms with van der Waals surface area (Å²) in [6.45, 7) is 2.79. The zero-order chi connectivity index (χ0) is 10.4.